The fourth-order valence-corrected chi connectivity index (χ4v) is 3.69. The molecule has 0 bridgehead atoms. The number of thioether (sulfide) groups is 1. The van der Waals surface area contributed by atoms with Gasteiger partial charge in [0.15, 0.2) is 0 Å². The normalized spacial score (nSPS) is 15.8. The number of rotatable bonds is 7. The van der Waals surface area contributed by atoms with Gasteiger partial charge in [-0.15, -0.1) is 0 Å². The smallest absolute Gasteiger partial charge is 0.328 e. The topological polar surface area (TPSA) is 116 Å². The van der Waals surface area contributed by atoms with Gasteiger partial charge in [0.25, 0.3) is 16.8 Å². The summed E-state index contributed by atoms with van der Waals surface area (Å²) in [4.78, 5) is 47.6. The summed E-state index contributed by atoms with van der Waals surface area (Å²) in [6, 6.07) is 11.9. The van der Waals surface area contributed by atoms with Crippen molar-refractivity contribution in [1.29, 1.82) is 0 Å². The Morgan fingerprint density at radius 2 is 1.81 bits per heavy atom. The molecule has 1 fully saturated rings. The number of hydrogen-bond acceptors (Lipinski definition) is 8. The van der Waals surface area contributed by atoms with Crippen molar-refractivity contribution in [1.82, 2.24) is 4.90 Å². The van der Waals surface area contributed by atoms with E-state index < -0.39 is 28.1 Å². The molecule has 10 heteroatoms. The Bertz CT molecular complexity index is 1050. The highest BCUT2D eigenvalue weighted by Crippen LogP contribution is 2.34. The van der Waals surface area contributed by atoms with E-state index in [1.807, 2.05) is 0 Å². The van der Waals surface area contributed by atoms with E-state index in [9.17, 15) is 24.5 Å². The predicted octanol–water partition coefficient (Wildman–Crippen LogP) is 3.77. The van der Waals surface area contributed by atoms with Gasteiger partial charge in [-0.2, -0.15) is 0 Å². The molecule has 2 aromatic rings. The number of benzene rings is 2. The van der Waals surface area contributed by atoms with E-state index in [-0.39, 0.29) is 17.2 Å². The maximum Gasteiger partial charge on any atom is 0.328 e. The first-order valence-corrected chi connectivity index (χ1v) is 9.93. The number of ether oxygens (including phenoxy) is 2. The second-order valence-corrected chi connectivity index (χ2v) is 7.53. The molecule has 9 nitrogen and oxygen atoms in total. The van der Waals surface area contributed by atoms with Crippen molar-refractivity contribution in [2.75, 3.05) is 7.11 Å². The van der Waals surface area contributed by atoms with Crippen LogP contribution in [0.25, 0.3) is 6.08 Å². The maximum absolute atomic E-state index is 12.5. The molecule has 1 atom stereocenters. The summed E-state index contributed by atoms with van der Waals surface area (Å²) >= 11 is 0.759. The largest absolute Gasteiger partial charge is 0.489 e. The van der Waals surface area contributed by atoms with Gasteiger partial charge in [0.05, 0.1) is 16.9 Å². The second-order valence-electron chi connectivity index (χ2n) is 6.53. The average Bonchev–Trinajstić information content (AvgIpc) is 3.05. The van der Waals surface area contributed by atoms with Gasteiger partial charge < -0.3 is 9.47 Å². The minimum absolute atomic E-state index is 0.0125. The quantitative estimate of drug-likeness (QED) is 0.275. The molecular formula is C21H18N2O7S. The first-order valence-electron chi connectivity index (χ1n) is 9.11. The summed E-state index contributed by atoms with van der Waals surface area (Å²) in [5, 5.41) is 10.2. The number of nitrogens with zero attached hydrogens (tertiary/aromatic N) is 2. The Labute approximate surface area is 181 Å². The predicted molar refractivity (Wildman–Crippen MR) is 113 cm³/mol. The lowest BCUT2D eigenvalue weighted by Crippen LogP contribution is -2.42. The molecule has 0 saturated carbocycles. The lowest BCUT2D eigenvalue weighted by molar-refractivity contribution is -0.384. The Morgan fingerprint density at radius 1 is 1.16 bits per heavy atom. The number of esters is 1. The van der Waals surface area contributed by atoms with Crippen LogP contribution < -0.4 is 4.74 Å². The molecule has 0 radical (unpaired) electrons. The molecule has 1 saturated heterocycles. The van der Waals surface area contributed by atoms with Crippen molar-refractivity contribution in [2.24, 2.45) is 0 Å². The van der Waals surface area contributed by atoms with Gasteiger partial charge in [0, 0.05) is 12.1 Å². The monoisotopic (exact) mass is 442 g/mol. The lowest BCUT2D eigenvalue weighted by Gasteiger charge is -2.18. The number of hydrogen-bond donors (Lipinski definition) is 0. The SMILES string of the molecule is COC(=O)[C@@H](C)N1C(=O)S/C(=C/c2ccc(OCc3ccc([N+](=O)[O-])cc3)cc2)C1=O. The summed E-state index contributed by atoms with van der Waals surface area (Å²) < 4.78 is 10.3. The summed E-state index contributed by atoms with van der Waals surface area (Å²) in [5.41, 5.74) is 1.47. The number of carbonyl (C=O) groups excluding carboxylic acids is 3. The second kappa shape index (κ2) is 9.43. The van der Waals surface area contributed by atoms with Crippen LogP contribution in [0, 0.1) is 10.1 Å². The van der Waals surface area contributed by atoms with Crippen LogP contribution in [0.2, 0.25) is 0 Å². The summed E-state index contributed by atoms with van der Waals surface area (Å²) in [6.45, 7) is 1.67. The summed E-state index contributed by atoms with van der Waals surface area (Å²) in [7, 11) is 1.19. The van der Waals surface area contributed by atoms with Gasteiger partial charge in [-0.05, 0) is 60.2 Å². The number of non-ortho nitro benzene ring substituents is 1. The Kier molecular flexibility index (Phi) is 6.71. The number of amides is 2. The fourth-order valence-electron chi connectivity index (χ4n) is 2.78. The molecular weight excluding hydrogens is 424 g/mol. The van der Waals surface area contributed by atoms with Gasteiger partial charge in [-0.3, -0.25) is 24.6 Å². The summed E-state index contributed by atoms with van der Waals surface area (Å²) in [6.07, 6.45) is 1.56. The molecule has 1 aliphatic heterocycles. The Morgan fingerprint density at radius 3 is 2.39 bits per heavy atom. The molecule has 2 aromatic carbocycles. The van der Waals surface area contributed by atoms with Crippen molar-refractivity contribution < 1.29 is 28.8 Å². The molecule has 1 aliphatic rings. The minimum atomic E-state index is -1.00. The van der Waals surface area contributed by atoms with Crippen molar-refractivity contribution >= 4 is 40.6 Å². The third kappa shape index (κ3) is 5.10. The van der Waals surface area contributed by atoms with Crippen LogP contribution in [0.5, 0.6) is 5.75 Å². The highest BCUT2D eigenvalue weighted by atomic mass is 32.2. The molecule has 1 heterocycles. The number of nitro groups is 1. The van der Waals surface area contributed by atoms with Crippen LogP contribution in [-0.2, 0) is 20.9 Å². The Balaban J connectivity index is 1.64. The molecule has 3 rings (SSSR count). The zero-order valence-corrected chi connectivity index (χ0v) is 17.5. The van der Waals surface area contributed by atoms with Crippen LogP contribution in [0.4, 0.5) is 10.5 Å². The van der Waals surface area contributed by atoms with Gasteiger partial charge in [0.2, 0.25) is 0 Å². The van der Waals surface area contributed by atoms with Crippen LogP contribution >= 0.6 is 11.8 Å². The van der Waals surface area contributed by atoms with E-state index in [4.69, 9.17) is 4.74 Å². The zero-order chi connectivity index (χ0) is 22.5. The minimum Gasteiger partial charge on any atom is -0.489 e. The third-order valence-corrected chi connectivity index (χ3v) is 5.37. The first-order chi connectivity index (χ1) is 14.8. The number of methoxy groups -OCH3 is 1. The number of nitro benzene ring substituents is 1. The average molecular weight is 442 g/mol. The van der Waals surface area contributed by atoms with E-state index in [0.29, 0.717) is 11.3 Å². The van der Waals surface area contributed by atoms with Gasteiger partial charge in [-0.1, -0.05) is 12.1 Å². The molecule has 0 aromatic heterocycles. The molecule has 0 spiro atoms. The Hall–Kier alpha value is -3.66. The molecule has 0 N–H and O–H groups in total. The van der Waals surface area contributed by atoms with E-state index >= 15 is 0 Å². The summed E-state index contributed by atoms with van der Waals surface area (Å²) in [5.74, 6) is -0.646. The van der Waals surface area contributed by atoms with Crippen molar-refractivity contribution in [3.63, 3.8) is 0 Å². The van der Waals surface area contributed by atoms with Crippen molar-refractivity contribution in [2.45, 2.75) is 19.6 Å². The van der Waals surface area contributed by atoms with Crippen molar-refractivity contribution in [3.05, 3.63) is 74.7 Å². The standard InChI is InChI=1S/C21H18N2O7S/c1-13(20(25)29-2)22-19(24)18(31-21(22)26)11-14-5-9-17(10-6-14)30-12-15-3-7-16(8-4-15)23(27)28/h3-11,13H,12H2,1-2H3/b18-11+/t13-/m1/s1. The third-order valence-electron chi connectivity index (χ3n) is 4.48. The van der Waals surface area contributed by atoms with Crippen LogP contribution in [0.3, 0.4) is 0 Å². The molecule has 0 unspecified atom stereocenters. The molecule has 160 valence electrons. The zero-order valence-electron chi connectivity index (χ0n) is 16.6. The number of carbonyl (C=O) groups is 3. The lowest BCUT2D eigenvalue weighted by atomic mass is 10.2. The van der Waals surface area contributed by atoms with E-state index in [0.717, 1.165) is 22.2 Å². The number of imide groups is 1. The molecule has 31 heavy (non-hydrogen) atoms. The van der Waals surface area contributed by atoms with Crippen LogP contribution in [0.1, 0.15) is 18.1 Å². The van der Waals surface area contributed by atoms with Gasteiger partial charge in [-0.25, -0.2) is 4.79 Å². The molecule has 2 amide bonds. The van der Waals surface area contributed by atoms with Crippen LogP contribution in [-0.4, -0.2) is 40.1 Å². The van der Waals surface area contributed by atoms with E-state index in [2.05, 4.69) is 4.74 Å². The highest BCUT2D eigenvalue weighted by molar-refractivity contribution is 8.18. The fraction of sp³-hybridized carbons (Fsp3) is 0.190. The van der Waals surface area contributed by atoms with Crippen LogP contribution in [0.15, 0.2) is 53.4 Å². The molecule has 0 aliphatic carbocycles. The van der Waals surface area contributed by atoms with E-state index in [1.54, 1.807) is 42.5 Å². The maximum atomic E-state index is 12.5. The van der Waals surface area contributed by atoms with E-state index in [1.165, 1.54) is 26.2 Å². The highest BCUT2D eigenvalue weighted by Gasteiger charge is 2.41. The van der Waals surface area contributed by atoms with Gasteiger partial charge in [0.1, 0.15) is 18.4 Å². The van der Waals surface area contributed by atoms with Gasteiger partial charge >= 0.3 is 5.97 Å². The van der Waals surface area contributed by atoms with Crippen molar-refractivity contribution in [3.8, 4) is 5.75 Å². The first kappa shape index (κ1) is 22.0.